The van der Waals surface area contributed by atoms with Crippen LogP contribution >= 0.6 is 0 Å². The fourth-order valence-electron chi connectivity index (χ4n) is 3.89. The first kappa shape index (κ1) is 19.5. The summed E-state index contributed by atoms with van der Waals surface area (Å²) in [5.41, 5.74) is 4.28. The Labute approximate surface area is 172 Å². The second kappa shape index (κ2) is 8.29. The van der Waals surface area contributed by atoms with Gasteiger partial charge in [0.2, 0.25) is 0 Å². The predicted octanol–water partition coefficient (Wildman–Crippen LogP) is 4.26. The van der Waals surface area contributed by atoms with E-state index in [1.807, 2.05) is 29.2 Å². The van der Waals surface area contributed by atoms with Gasteiger partial charge >= 0.3 is 0 Å². The van der Waals surface area contributed by atoms with E-state index in [4.69, 9.17) is 4.74 Å². The van der Waals surface area contributed by atoms with Crippen molar-refractivity contribution in [3.05, 3.63) is 65.4 Å². The maximum Gasteiger partial charge on any atom is 0.270 e. The smallest absolute Gasteiger partial charge is 0.270 e. The highest BCUT2D eigenvalue weighted by Gasteiger charge is 2.23. The van der Waals surface area contributed by atoms with Crippen LogP contribution in [0, 0.1) is 0 Å². The van der Waals surface area contributed by atoms with Crippen molar-refractivity contribution in [1.82, 2.24) is 14.8 Å². The van der Waals surface area contributed by atoms with E-state index < -0.39 is 0 Å². The lowest BCUT2D eigenvalue weighted by Gasteiger charge is -2.34. The van der Waals surface area contributed by atoms with Gasteiger partial charge in [-0.25, -0.2) is 0 Å². The molecule has 1 aliphatic rings. The molecule has 1 aromatic heterocycles. The highest BCUT2D eigenvalue weighted by atomic mass is 16.5. The number of piperazine rings is 1. The second-order valence-corrected chi connectivity index (χ2v) is 8.10. The summed E-state index contributed by atoms with van der Waals surface area (Å²) in [6.45, 7) is 8.66. The molecule has 0 aliphatic carbocycles. The van der Waals surface area contributed by atoms with Crippen LogP contribution in [0.1, 0.15) is 41.4 Å². The molecule has 4 rings (SSSR count). The molecule has 2 aromatic carbocycles. The molecule has 0 bridgehead atoms. The van der Waals surface area contributed by atoms with Crippen molar-refractivity contribution in [3.63, 3.8) is 0 Å². The third-order valence-corrected chi connectivity index (χ3v) is 5.77. The van der Waals surface area contributed by atoms with Crippen LogP contribution in [-0.4, -0.2) is 54.0 Å². The van der Waals surface area contributed by atoms with Gasteiger partial charge in [-0.2, -0.15) is 0 Å². The first-order valence-electron chi connectivity index (χ1n) is 10.3. The Balaban J connectivity index is 1.36. The van der Waals surface area contributed by atoms with Crippen LogP contribution in [0.4, 0.5) is 0 Å². The number of H-pyrrole nitrogens is 1. The van der Waals surface area contributed by atoms with Crippen molar-refractivity contribution in [2.45, 2.75) is 26.3 Å². The highest BCUT2D eigenvalue weighted by molar-refractivity contribution is 5.98. The Morgan fingerprint density at radius 2 is 1.76 bits per heavy atom. The number of amides is 1. The number of aromatic amines is 1. The normalized spacial score (nSPS) is 15.2. The fraction of sp³-hybridized carbons (Fsp3) is 0.375. The fourth-order valence-corrected chi connectivity index (χ4v) is 3.89. The van der Waals surface area contributed by atoms with Crippen molar-refractivity contribution >= 4 is 16.8 Å². The Morgan fingerprint density at radius 1 is 1.03 bits per heavy atom. The van der Waals surface area contributed by atoms with Crippen molar-refractivity contribution in [1.29, 1.82) is 0 Å². The van der Waals surface area contributed by atoms with Gasteiger partial charge in [-0.15, -0.1) is 0 Å². The van der Waals surface area contributed by atoms with E-state index in [1.54, 1.807) is 7.11 Å². The molecule has 5 nitrogen and oxygen atoms in total. The number of fused-ring (bicyclic) bond motifs is 1. The molecular weight excluding hydrogens is 362 g/mol. The zero-order valence-electron chi connectivity index (χ0n) is 17.4. The molecule has 1 N–H and O–H groups in total. The minimum atomic E-state index is 0.0705. The van der Waals surface area contributed by atoms with Crippen LogP contribution in [-0.2, 0) is 6.54 Å². The highest BCUT2D eigenvalue weighted by Crippen LogP contribution is 2.22. The van der Waals surface area contributed by atoms with E-state index >= 15 is 0 Å². The van der Waals surface area contributed by atoms with E-state index in [9.17, 15) is 4.79 Å². The molecule has 1 fully saturated rings. The maximum absolute atomic E-state index is 12.9. The summed E-state index contributed by atoms with van der Waals surface area (Å²) in [5.74, 6) is 1.42. The van der Waals surface area contributed by atoms with E-state index in [-0.39, 0.29) is 5.91 Å². The molecule has 0 atom stereocenters. The Morgan fingerprint density at radius 3 is 2.41 bits per heavy atom. The number of hydrogen-bond donors (Lipinski definition) is 1. The molecule has 0 saturated carbocycles. The van der Waals surface area contributed by atoms with E-state index in [0.717, 1.165) is 49.4 Å². The maximum atomic E-state index is 12.9. The van der Waals surface area contributed by atoms with Gasteiger partial charge in [-0.05, 0) is 35.2 Å². The molecule has 2 heterocycles. The standard InChI is InChI=1S/C24H29N3O2/c1-17(2)19-6-4-18(5-7-19)16-26-10-12-27(13-11-26)24(28)23-14-20-8-9-21(29-3)15-22(20)25-23/h4-9,14-15,17,25H,10-13,16H2,1-3H3. The van der Waals surface area contributed by atoms with Gasteiger partial charge in [0.15, 0.2) is 0 Å². The van der Waals surface area contributed by atoms with Gasteiger partial charge < -0.3 is 14.6 Å². The zero-order valence-corrected chi connectivity index (χ0v) is 17.4. The number of hydrogen-bond acceptors (Lipinski definition) is 3. The van der Waals surface area contributed by atoms with Gasteiger partial charge in [0.05, 0.1) is 7.11 Å². The minimum absolute atomic E-state index is 0.0705. The molecule has 5 heteroatoms. The number of rotatable bonds is 5. The van der Waals surface area contributed by atoms with Crippen LogP contribution in [0.3, 0.4) is 0 Å². The van der Waals surface area contributed by atoms with Gasteiger partial charge in [0.25, 0.3) is 5.91 Å². The quantitative estimate of drug-likeness (QED) is 0.707. The van der Waals surface area contributed by atoms with E-state index in [2.05, 4.69) is 48.0 Å². The van der Waals surface area contributed by atoms with Crippen molar-refractivity contribution < 1.29 is 9.53 Å². The number of aromatic nitrogens is 1. The van der Waals surface area contributed by atoms with Gasteiger partial charge in [0, 0.05) is 49.7 Å². The molecule has 1 saturated heterocycles. The third-order valence-electron chi connectivity index (χ3n) is 5.77. The van der Waals surface area contributed by atoms with E-state index in [0.29, 0.717) is 11.6 Å². The summed E-state index contributed by atoms with van der Waals surface area (Å²) in [4.78, 5) is 20.5. The molecule has 0 spiro atoms. The Kier molecular flexibility index (Phi) is 5.58. The molecule has 3 aromatic rings. The summed E-state index contributed by atoms with van der Waals surface area (Å²) < 4.78 is 5.27. The van der Waals surface area contributed by atoms with Crippen molar-refractivity contribution in [2.24, 2.45) is 0 Å². The molecule has 1 amide bonds. The number of methoxy groups -OCH3 is 1. The van der Waals surface area contributed by atoms with Crippen LogP contribution < -0.4 is 4.74 Å². The van der Waals surface area contributed by atoms with Crippen LogP contribution in [0.15, 0.2) is 48.5 Å². The first-order chi connectivity index (χ1) is 14.0. The lowest BCUT2D eigenvalue weighted by molar-refractivity contribution is 0.0623. The topological polar surface area (TPSA) is 48.6 Å². The van der Waals surface area contributed by atoms with Crippen LogP contribution in [0.25, 0.3) is 10.9 Å². The molecule has 0 radical (unpaired) electrons. The third kappa shape index (κ3) is 4.30. The number of carbonyl (C=O) groups is 1. The summed E-state index contributed by atoms with van der Waals surface area (Å²) in [7, 11) is 1.65. The lowest BCUT2D eigenvalue weighted by Crippen LogP contribution is -2.48. The number of benzene rings is 2. The average molecular weight is 392 g/mol. The number of nitrogens with zero attached hydrogens (tertiary/aromatic N) is 2. The molecular formula is C24H29N3O2. The molecule has 0 unspecified atom stereocenters. The van der Waals surface area contributed by atoms with Crippen LogP contribution in [0.5, 0.6) is 5.75 Å². The first-order valence-corrected chi connectivity index (χ1v) is 10.3. The summed E-state index contributed by atoms with van der Waals surface area (Å²) in [5, 5.41) is 1.03. The SMILES string of the molecule is COc1ccc2cc(C(=O)N3CCN(Cc4ccc(C(C)C)cc4)CC3)[nH]c2c1. The second-order valence-electron chi connectivity index (χ2n) is 8.10. The number of carbonyl (C=O) groups excluding carboxylic acids is 1. The Hall–Kier alpha value is -2.79. The van der Waals surface area contributed by atoms with Crippen molar-refractivity contribution in [3.8, 4) is 5.75 Å². The minimum Gasteiger partial charge on any atom is -0.497 e. The monoisotopic (exact) mass is 391 g/mol. The molecule has 29 heavy (non-hydrogen) atoms. The number of ether oxygens (including phenoxy) is 1. The molecule has 152 valence electrons. The van der Waals surface area contributed by atoms with E-state index in [1.165, 1.54) is 11.1 Å². The zero-order chi connectivity index (χ0) is 20.4. The van der Waals surface area contributed by atoms with Gasteiger partial charge in [0.1, 0.15) is 11.4 Å². The molecule has 1 aliphatic heterocycles. The largest absolute Gasteiger partial charge is 0.497 e. The average Bonchev–Trinajstić information content (AvgIpc) is 3.17. The Bertz CT molecular complexity index is 983. The lowest BCUT2D eigenvalue weighted by atomic mass is 10.0. The summed E-state index contributed by atoms with van der Waals surface area (Å²) >= 11 is 0. The van der Waals surface area contributed by atoms with Crippen LogP contribution in [0.2, 0.25) is 0 Å². The van der Waals surface area contributed by atoms with Gasteiger partial charge in [-0.3, -0.25) is 9.69 Å². The number of nitrogens with one attached hydrogen (secondary N) is 1. The van der Waals surface area contributed by atoms with Gasteiger partial charge in [-0.1, -0.05) is 38.1 Å². The summed E-state index contributed by atoms with van der Waals surface area (Å²) in [6, 6.07) is 16.7. The van der Waals surface area contributed by atoms with Crippen molar-refractivity contribution in [2.75, 3.05) is 33.3 Å². The summed E-state index contributed by atoms with van der Waals surface area (Å²) in [6.07, 6.45) is 0. The predicted molar refractivity (Wildman–Crippen MR) is 117 cm³/mol.